The maximum atomic E-state index is 10.1. The van der Waals surface area contributed by atoms with Gasteiger partial charge in [-0.1, -0.05) is 39.5 Å². The summed E-state index contributed by atoms with van der Waals surface area (Å²) in [6, 6.07) is 0. The maximum absolute atomic E-state index is 10.1. The van der Waals surface area contributed by atoms with E-state index in [1.54, 1.807) is 9.80 Å². The Kier molecular flexibility index (Phi) is 59.1. The van der Waals surface area contributed by atoms with Crippen molar-refractivity contribution in [3.05, 3.63) is 0 Å². The van der Waals surface area contributed by atoms with E-state index in [4.69, 9.17) is 20.4 Å². The molecule has 0 amide bonds. The summed E-state index contributed by atoms with van der Waals surface area (Å²) in [6.45, 7) is 6.72. The van der Waals surface area contributed by atoms with Gasteiger partial charge in [-0.25, -0.2) is 0 Å². The van der Waals surface area contributed by atoms with Crippen LogP contribution in [0.25, 0.3) is 0 Å². The summed E-state index contributed by atoms with van der Waals surface area (Å²) in [5.41, 5.74) is 0. The first-order valence-electron chi connectivity index (χ1n) is 10.7. The summed E-state index contributed by atoms with van der Waals surface area (Å²) >= 11 is 0. The van der Waals surface area contributed by atoms with Gasteiger partial charge in [0.25, 0.3) is 0 Å². The zero-order chi connectivity index (χ0) is 23.9. The quantitative estimate of drug-likeness (QED) is 0.154. The van der Waals surface area contributed by atoms with Gasteiger partial charge in [0, 0.05) is 26.2 Å². The van der Waals surface area contributed by atoms with Crippen LogP contribution >= 0.6 is 0 Å². The molecule has 0 aromatic carbocycles. The molecule has 0 bridgehead atoms. The molecule has 4 N–H and O–H groups in total. The Labute approximate surface area is 204 Å². The Bertz CT molecular complexity index is 205. The Morgan fingerprint density at radius 1 is 0.484 bits per heavy atom. The van der Waals surface area contributed by atoms with Crippen LogP contribution in [0.2, 0.25) is 0 Å². The number of unbranched alkanes of at least 4 members (excludes halogenated alkanes) is 2. The summed E-state index contributed by atoms with van der Waals surface area (Å²) in [6.07, 6.45) is 3.73. The molecule has 0 saturated heterocycles. The Hall–Kier alpha value is 0.314. The van der Waals surface area contributed by atoms with Gasteiger partial charge in [0.1, 0.15) is 0 Å². The van der Waals surface area contributed by atoms with Gasteiger partial charge in [0.15, 0.2) is 0 Å². The van der Waals surface area contributed by atoms with E-state index in [0.717, 1.165) is 25.7 Å². The zero-order valence-corrected chi connectivity index (χ0v) is 21.1. The van der Waals surface area contributed by atoms with Crippen molar-refractivity contribution in [1.82, 2.24) is 9.80 Å². The number of hydrogen-bond acceptors (Lipinski definition) is 10. The topological polar surface area (TPSA) is 180 Å². The predicted octanol–water partition coefficient (Wildman–Crippen LogP) is -4.44. The molecule has 188 valence electrons. The predicted molar refractivity (Wildman–Crippen MR) is 111 cm³/mol. The first-order chi connectivity index (χ1) is 14.5. The van der Waals surface area contributed by atoms with Gasteiger partial charge >= 0.3 is 21.7 Å². The molecule has 0 atom stereocenters. The second-order valence-corrected chi connectivity index (χ2v) is 6.10. The van der Waals surface area contributed by atoms with Gasteiger partial charge in [0.05, 0.1) is 26.4 Å². The summed E-state index contributed by atoms with van der Waals surface area (Å²) in [5, 5.41) is 73.1. The Morgan fingerprint density at radius 2 is 0.742 bits per heavy atom. The van der Waals surface area contributed by atoms with E-state index in [9.17, 15) is 20.4 Å². The zero-order valence-electron chi connectivity index (χ0n) is 19.5. The molecule has 0 radical (unpaired) electrons. The van der Waals surface area contributed by atoms with Crippen molar-refractivity contribution in [2.24, 2.45) is 0 Å². The minimum Gasteiger partial charge on any atom is -0.854 e. The standard InChI is InChI=1S/2C6H14NO3.2C4H9O.Ti/c2*8-4-1-7(2-5-9)3-6-10;2*1-2-3-4-5;/h2*8-9H,1-6H2;2*2-4H2,1H3;/q4*-1;+4. The van der Waals surface area contributed by atoms with Crippen LogP contribution in [0.15, 0.2) is 0 Å². The monoisotopic (exact) mass is 490 g/mol. The van der Waals surface area contributed by atoms with Gasteiger partial charge in [-0.2, -0.15) is 0 Å². The van der Waals surface area contributed by atoms with E-state index < -0.39 is 0 Å². The minimum atomic E-state index is -0.181. The number of hydrogen-bond donors (Lipinski definition) is 4. The third-order valence-electron chi connectivity index (χ3n) is 3.48. The van der Waals surface area contributed by atoms with Crippen molar-refractivity contribution in [3.63, 3.8) is 0 Å². The fourth-order valence-electron chi connectivity index (χ4n) is 1.78. The number of rotatable bonds is 16. The van der Waals surface area contributed by atoms with E-state index in [0.29, 0.717) is 39.3 Å². The second kappa shape index (κ2) is 44.1. The summed E-state index contributed by atoms with van der Waals surface area (Å²) in [4.78, 5) is 3.46. The normalized spacial score (nSPS) is 9.68. The molecule has 0 aliphatic rings. The molecule has 31 heavy (non-hydrogen) atoms. The molecule has 0 heterocycles. The van der Waals surface area contributed by atoms with E-state index in [1.807, 2.05) is 13.8 Å². The SMILES string of the molecule is CCCC[O-].CCCC[O-].[O-]CCN(CCO)CCO.[O-]CCN(CCO)CCO.[Ti+4]. The molecule has 0 saturated carbocycles. The van der Waals surface area contributed by atoms with Crippen molar-refractivity contribution in [2.45, 2.75) is 39.5 Å². The molecular weight excluding hydrogens is 444 g/mol. The van der Waals surface area contributed by atoms with Crippen LogP contribution in [0.5, 0.6) is 0 Å². The number of aliphatic hydroxyl groups excluding tert-OH is 4. The average molecular weight is 490 g/mol. The molecule has 0 aromatic rings. The molecule has 0 rings (SSSR count). The molecule has 0 spiro atoms. The van der Waals surface area contributed by atoms with Crippen LogP contribution in [-0.2, 0) is 21.7 Å². The van der Waals surface area contributed by atoms with Crippen LogP contribution in [0.3, 0.4) is 0 Å². The summed E-state index contributed by atoms with van der Waals surface area (Å²) in [5.74, 6) is 0. The van der Waals surface area contributed by atoms with Crippen molar-refractivity contribution in [2.75, 3.05) is 92.1 Å². The van der Waals surface area contributed by atoms with Crippen LogP contribution in [0.4, 0.5) is 0 Å². The van der Waals surface area contributed by atoms with Crippen molar-refractivity contribution in [3.8, 4) is 0 Å². The molecule has 0 fully saturated rings. The molecular formula is C20H46N2O8Ti. The largest absolute Gasteiger partial charge is 4.00 e. The molecule has 10 nitrogen and oxygen atoms in total. The average Bonchev–Trinajstić information content (AvgIpc) is 2.72. The van der Waals surface area contributed by atoms with Crippen molar-refractivity contribution >= 4 is 0 Å². The number of nitrogens with zero attached hydrogens (tertiary/aromatic N) is 2. The van der Waals surface area contributed by atoms with Crippen LogP contribution in [-0.4, -0.2) is 122 Å². The summed E-state index contributed by atoms with van der Waals surface area (Å²) in [7, 11) is 0. The fourth-order valence-corrected chi connectivity index (χ4v) is 1.78. The molecule has 0 aromatic heterocycles. The maximum Gasteiger partial charge on any atom is 4.00 e. The smallest absolute Gasteiger partial charge is 0.854 e. The third-order valence-corrected chi connectivity index (χ3v) is 3.48. The van der Waals surface area contributed by atoms with Crippen molar-refractivity contribution < 1.29 is 62.6 Å². The Morgan fingerprint density at radius 3 is 0.839 bits per heavy atom. The molecule has 0 aliphatic carbocycles. The molecule has 0 unspecified atom stereocenters. The van der Waals surface area contributed by atoms with E-state index in [2.05, 4.69) is 0 Å². The van der Waals surface area contributed by atoms with Gasteiger partial charge < -0.3 is 50.7 Å². The fraction of sp³-hybridized carbons (Fsp3) is 1.00. The van der Waals surface area contributed by atoms with Gasteiger partial charge in [-0.3, -0.25) is 0 Å². The first-order valence-corrected chi connectivity index (χ1v) is 10.7. The van der Waals surface area contributed by atoms with Crippen molar-refractivity contribution in [1.29, 1.82) is 0 Å². The third kappa shape index (κ3) is 48.8. The molecule has 0 aliphatic heterocycles. The van der Waals surface area contributed by atoms with E-state index in [-0.39, 0.29) is 74.6 Å². The van der Waals surface area contributed by atoms with E-state index >= 15 is 0 Å². The first kappa shape index (κ1) is 41.6. The molecule has 11 heteroatoms. The van der Waals surface area contributed by atoms with E-state index in [1.165, 1.54) is 0 Å². The Balaban J connectivity index is -0.000000101. The summed E-state index contributed by atoms with van der Waals surface area (Å²) < 4.78 is 0. The second-order valence-electron chi connectivity index (χ2n) is 6.10. The van der Waals surface area contributed by atoms with Crippen LogP contribution < -0.4 is 20.4 Å². The van der Waals surface area contributed by atoms with Gasteiger partial charge in [-0.15, -0.1) is 26.4 Å². The minimum absolute atomic E-state index is 0. The van der Waals surface area contributed by atoms with Crippen LogP contribution in [0, 0.1) is 0 Å². The van der Waals surface area contributed by atoms with Gasteiger partial charge in [-0.05, 0) is 13.1 Å². The van der Waals surface area contributed by atoms with Gasteiger partial charge in [0.2, 0.25) is 0 Å². The number of aliphatic hydroxyl groups is 4. The van der Waals surface area contributed by atoms with Crippen LogP contribution in [0.1, 0.15) is 39.5 Å².